The quantitative estimate of drug-likeness (QED) is 0.592. The second-order valence-electron chi connectivity index (χ2n) is 2.05. The van der Waals surface area contributed by atoms with E-state index in [0.29, 0.717) is 0 Å². The van der Waals surface area contributed by atoms with Crippen molar-refractivity contribution in [3.8, 4) is 0 Å². The summed E-state index contributed by atoms with van der Waals surface area (Å²) in [5, 5.41) is 7.12. The number of hydrogen-bond acceptors (Lipinski definition) is 1. The van der Waals surface area contributed by atoms with Gasteiger partial charge in [0.2, 0.25) is 0 Å². The third-order valence-corrected chi connectivity index (χ3v) is 0.243. The van der Waals surface area contributed by atoms with Gasteiger partial charge in [0.15, 0.2) is 0 Å². The van der Waals surface area contributed by atoms with Gasteiger partial charge in [-0.2, -0.15) is 13.2 Å². The van der Waals surface area contributed by atoms with Crippen LogP contribution < -0.4 is 0 Å². The van der Waals surface area contributed by atoms with Gasteiger partial charge in [-0.05, 0) is 5.66 Å². The Hall–Kier alpha value is -0.310. The van der Waals surface area contributed by atoms with Crippen LogP contribution in [0.5, 0.6) is 0 Å². The van der Waals surface area contributed by atoms with Crippen LogP contribution in [0.25, 0.3) is 0 Å². The molecule has 1 atom stereocenters. The van der Waals surface area contributed by atoms with Gasteiger partial charge >= 0.3 is 12.1 Å². The lowest BCUT2D eigenvalue weighted by molar-refractivity contribution is -0.192. The minimum atomic E-state index is -5.08. The average molecular weight is 190 g/mol. The van der Waals surface area contributed by atoms with E-state index in [-0.39, 0.29) is 0 Å². The highest BCUT2D eigenvalue weighted by Gasteiger charge is 2.38. The minimum Gasteiger partial charge on any atom is -0.475 e. The summed E-state index contributed by atoms with van der Waals surface area (Å²) >= 11 is 0. The SMILES string of the molecule is CC(C)P.O=C(O)C(F)(F)F. The largest absolute Gasteiger partial charge is 0.490 e. The Bertz CT molecular complexity index is 119. The molecule has 1 N–H and O–H groups in total. The number of carbonyl (C=O) groups is 1. The normalized spacial score (nSPS) is 10.5. The Morgan fingerprint density at radius 2 is 1.55 bits per heavy atom. The highest BCUT2D eigenvalue weighted by Crippen LogP contribution is 2.13. The lowest BCUT2D eigenvalue weighted by Crippen LogP contribution is -2.21. The first-order chi connectivity index (χ1) is 4.68. The maximum atomic E-state index is 10.6. The molecule has 11 heavy (non-hydrogen) atoms. The molecule has 0 aromatic carbocycles. The Morgan fingerprint density at radius 3 is 1.55 bits per heavy atom. The number of carboxylic acids is 1. The highest BCUT2D eigenvalue weighted by atomic mass is 31.0. The van der Waals surface area contributed by atoms with Crippen molar-refractivity contribution in [1.29, 1.82) is 0 Å². The van der Waals surface area contributed by atoms with Gasteiger partial charge in [-0.25, -0.2) is 4.79 Å². The molecule has 0 aliphatic heterocycles. The Kier molecular flexibility index (Phi) is 6.47. The molecule has 0 aliphatic rings. The van der Waals surface area contributed by atoms with Gasteiger partial charge in [-0.3, -0.25) is 0 Å². The fourth-order valence-electron chi connectivity index (χ4n) is 0. The fourth-order valence-corrected chi connectivity index (χ4v) is 0. The van der Waals surface area contributed by atoms with E-state index in [2.05, 4.69) is 23.1 Å². The standard InChI is InChI=1S/C3H9P.C2HF3O2/c1-3(2)4;3-2(4,5)1(6)7/h3H,4H2,1-2H3;(H,6,7). The van der Waals surface area contributed by atoms with Gasteiger partial charge < -0.3 is 5.11 Å². The molecule has 0 spiro atoms. The van der Waals surface area contributed by atoms with E-state index in [1.165, 1.54) is 0 Å². The first-order valence-electron chi connectivity index (χ1n) is 2.73. The van der Waals surface area contributed by atoms with E-state index in [0.717, 1.165) is 5.66 Å². The molecular formula is C5H10F3O2P. The third-order valence-electron chi connectivity index (χ3n) is 0.243. The number of hydrogen-bond donors (Lipinski definition) is 1. The summed E-state index contributed by atoms with van der Waals surface area (Å²) in [6, 6.07) is 0. The molecule has 0 amide bonds. The molecular weight excluding hydrogens is 180 g/mol. The zero-order valence-electron chi connectivity index (χ0n) is 6.14. The lowest BCUT2D eigenvalue weighted by atomic mass is 10.6. The molecule has 0 aliphatic carbocycles. The van der Waals surface area contributed by atoms with Crippen LogP contribution in [0.15, 0.2) is 0 Å². The van der Waals surface area contributed by atoms with Crippen LogP contribution in [-0.4, -0.2) is 22.9 Å². The van der Waals surface area contributed by atoms with Crippen LogP contribution in [0.4, 0.5) is 13.2 Å². The number of alkyl halides is 3. The van der Waals surface area contributed by atoms with Gasteiger partial charge in [0.25, 0.3) is 0 Å². The third kappa shape index (κ3) is 17.7. The molecule has 6 heteroatoms. The van der Waals surface area contributed by atoms with Gasteiger partial charge in [0, 0.05) is 0 Å². The van der Waals surface area contributed by atoms with Crippen molar-refractivity contribution in [3.63, 3.8) is 0 Å². The number of aliphatic carboxylic acids is 1. The smallest absolute Gasteiger partial charge is 0.475 e. The van der Waals surface area contributed by atoms with Crippen LogP contribution in [-0.2, 0) is 4.79 Å². The number of halogens is 3. The zero-order valence-corrected chi connectivity index (χ0v) is 7.30. The van der Waals surface area contributed by atoms with Crippen LogP contribution >= 0.6 is 9.24 Å². The van der Waals surface area contributed by atoms with Crippen molar-refractivity contribution in [2.75, 3.05) is 0 Å². The highest BCUT2D eigenvalue weighted by molar-refractivity contribution is 7.17. The van der Waals surface area contributed by atoms with Gasteiger partial charge in [-0.15, -0.1) is 9.24 Å². The van der Waals surface area contributed by atoms with Gasteiger partial charge in [0.05, 0.1) is 0 Å². The summed E-state index contributed by atoms with van der Waals surface area (Å²) in [4.78, 5) is 8.90. The van der Waals surface area contributed by atoms with E-state index in [9.17, 15) is 13.2 Å². The van der Waals surface area contributed by atoms with E-state index < -0.39 is 12.1 Å². The van der Waals surface area contributed by atoms with Crippen LogP contribution in [0.1, 0.15) is 13.8 Å². The second kappa shape index (κ2) is 5.35. The van der Waals surface area contributed by atoms with Gasteiger partial charge in [-0.1, -0.05) is 13.8 Å². The fraction of sp³-hybridized carbons (Fsp3) is 0.800. The van der Waals surface area contributed by atoms with E-state index in [1.807, 2.05) is 0 Å². The van der Waals surface area contributed by atoms with E-state index >= 15 is 0 Å². The minimum absolute atomic E-state index is 0.750. The molecule has 0 saturated carbocycles. The molecule has 2 nitrogen and oxygen atoms in total. The summed E-state index contributed by atoms with van der Waals surface area (Å²) in [6.07, 6.45) is -5.08. The maximum absolute atomic E-state index is 10.6. The van der Waals surface area contributed by atoms with Crippen molar-refractivity contribution in [2.45, 2.75) is 25.7 Å². The van der Waals surface area contributed by atoms with Crippen LogP contribution in [0.3, 0.4) is 0 Å². The number of rotatable bonds is 0. The van der Waals surface area contributed by atoms with Gasteiger partial charge in [0.1, 0.15) is 0 Å². The summed E-state index contributed by atoms with van der Waals surface area (Å²) in [6.45, 7) is 4.26. The zero-order chi connectivity index (χ0) is 9.65. The molecule has 1 unspecified atom stereocenters. The second-order valence-corrected chi connectivity index (χ2v) is 3.38. The molecule has 0 radical (unpaired) electrons. The molecule has 68 valence electrons. The van der Waals surface area contributed by atoms with Crippen molar-refractivity contribution in [3.05, 3.63) is 0 Å². The van der Waals surface area contributed by atoms with Crippen molar-refractivity contribution in [1.82, 2.24) is 0 Å². The topological polar surface area (TPSA) is 37.3 Å². The molecule has 0 aromatic rings. The van der Waals surface area contributed by atoms with E-state index in [4.69, 9.17) is 9.90 Å². The van der Waals surface area contributed by atoms with Crippen molar-refractivity contribution >= 4 is 15.2 Å². The Labute approximate surface area is 65.0 Å². The molecule has 0 saturated heterocycles. The summed E-state index contributed by atoms with van der Waals surface area (Å²) in [5.74, 6) is -2.76. The van der Waals surface area contributed by atoms with Crippen LogP contribution in [0, 0.1) is 0 Å². The van der Waals surface area contributed by atoms with Crippen molar-refractivity contribution < 1.29 is 23.1 Å². The molecule has 0 fully saturated rings. The summed E-state index contributed by atoms with van der Waals surface area (Å²) in [7, 11) is 2.66. The Morgan fingerprint density at radius 1 is 1.45 bits per heavy atom. The van der Waals surface area contributed by atoms with E-state index in [1.54, 1.807) is 0 Å². The molecule has 0 heterocycles. The maximum Gasteiger partial charge on any atom is 0.490 e. The number of carboxylic acid groups (broad SMARTS) is 1. The first-order valence-corrected chi connectivity index (χ1v) is 3.40. The summed E-state index contributed by atoms with van der Waals surface area (Å²) < 4.78 is 31.7. The van der Waals surface area contributed by atoms with Crippen LogP contribution in [0.2, 0.25) is 0 Å². The van der Waals surface area contributed by atoms with Crippen molar-refractivity contribution in [2.24, 2.45) is 0 Å². The average Bonchev–Trinajstić information content (AvgIpc) is 1.59. The predicted molar refractivity (Wildman–Crippen MR) is 38.5 cm³/mol. The lowest BCUT2D eigenvalue weighted by Gasteiger charge is -1.93. The predicted octanol–water partition coefficient (Wildman–Crippen LogP) is 1.90. The summed E-state index contributed by atoms with van der Waals surface area (Å²) in [5.41, 5.74) is 0.750. The molecule has 0 rings (SSSR count). The molecule has 0 aromatic heterocycles. The molecule has 0 bridgehead atoms. The first kappa shape index (κ1) is 13.3. The Balaban J connectivity index is 0. The monoisotopic (exact) mass is 190 g/mol.